The fourth-order valence-corrected chi connectivity index (χ4v) is 6.32. The fraction of sp³-hybridized carbons (Fsp3) is 0.115. The highest BCUT2D eigenvalue weighted by atomic mass is 31.1. The summed E-state index contributed by atoms with van der Waals surface area (Å²) in [7, 11) is 3.73. The van der Waals surface area contributed by atoms with Crippen molar-refractivity contribution < 1.29 is 0 Å². The summed E-state index contributed by atoms with van der Waals surface area (Å²) < 4.78 is 0. The summed E-state index contributed by atoms with van der Waals surface area (Å²) in [6, 6.07) is 32.9. The molecule has 0 heterocycles. The highest BCUT2D eigenvalue weighted by Crippen LogP contribution is 2.59. The third-order valence-electron chi connectivity index (χ3n) is 5.02. The second-order valence-corrected chi connectivity index (χ2v) is 9.34. The number of nitrogens with zero attached hydrogens (tertiary/aromatic N) is 1. The van der Waals surface area contributed by atoms with E-state index < -0.39 is 7.92 Å². The lowest BCUT2D eigenvalue weighted by atomic mass is 9.90. The van der Waals surface area contributed by atoms with E-state index >= 15 is 0 Å². The second kappa shape index (κ2) is 9.03. The first kappa shape index (κ1) is 19.4. The normalized spacial score (nSPS) is 16.7. The molecule has 5 radical (unpaired) electrons. The summed E-state index contributed by atoms with van der Waals surface area (Å²) >= 11 is 0. The van der Waals surface area contributed by atoms with Crippen LogP contribution in [0.1, 0.15) is 11.6 Å². The Kier molecular flexibility index (Phi) is 6.25. The zero-order valence-electron chi connectivity index (χ0n) is 16.4. The molecule has 1 fully saturated rings. The SMILES string of the molecule is CN(C)[C@@H]([C]1[CH][CH][CH][C]1P(c1ccccc1)c1ccccc1)c1ccccc1. The highest BCUT2D eigenvalue weighted by molar-refractivity contribution is 7.76. The van der Waals surface area contributed by atoms with Crippen LogP contribution in [0.5, 0.6) is 0 Å². The van der Waals surface area contributed by atoms with E-state index in [2.05, 4.69) is 129 Å². The molecule has 1 aliphatic carbocycles. The summed E-state index contributed by atoms with van der Waals surface area (Å²) in [5.74, 6) is 1.40. The third kappa shape index (κ3) is 4.07. The molecule has 0 aromatic heterocycles. The van der Waals surface area contributed by atoms with Gasteiger partial charge in [-0.2, -0.15) is 0 Å². The fourth-order valence-electron chi connectivity index (χ4n) is 3.83. The number of benzene rings is 3. The number of hydrogen-bond donors (Lipinski definition) is 0. The van der Waals surface area contributed by atoms with E-state index in [0.29, 0.717) is 0 Å². The molecule has 1 saturated carbocycles. The van der Waals surface area contributed by atoms with Crippen LogP contribution in [-0.2, 0) is 0 Å². The predicted molar refractivity (Wildman–Crippen MR) is 121 cm³/mol. The van der Waals surface area contributed by atoms with Gasteiger partial charge < -0.3 is 4.90 Å². The van der Waals surface area contributed by atoms with E-state index in [0.717, 1.165) is 0 Å². The molecule has 3 aromatic rings. The van der Waals surface area contributed by atoms with Crippen LogP contribution in [0, 0.1) is 30.8 Å². The van der Waals surface area contributed by atoms with Crippen LogP contribution in [0.2, 0.25) is 0 Å². The van der Waals surface area contributed by atoms with Crippen molar-refractivity contribution in [1.82, 2.24) is 4.90 Å². The van der Waals surface area contributed by atoms with E-state index in [4.69, 9.17) is 0 Å². The molecule has 1 aliphatic rings. The Labute approximate surface area is 171 Å². The van der Waals surface area contributed by atoms with Gasteiger partial charge in [0.2, 0.25) is 0 Å². The van der Waals surface area contributed by atoms with Gasteiger partial charge in [0.1, 0.15) is 0 Å². The van der Waals surface area contributed by atoms with E-state index in [1.165, 1.54) is 27.7 Å². The number of rotatable bonds is 6. The maximum atomic E-state index is 2.32. The Hall–Kier alpha value is -1.95. The van der Waals surface area contributed by atoms with Crippen molar-refractivity contribution >= 4 is 18.5 Å². The second-order valence-electron chi connectivity index (χ2n) is 7.15. The summed E-state index contributed by atoms with van der Waals surface area (Å²) in [5.41, 5.74) is 2.77. The topological polar surface area (TPSA) is 3.24 Å². The molecule has 0 unspecified atom stereocenters. The predicted octanol–water partition coefficient (Wildman–Crippen LogP) is 5.16. The first-order chi connectivity index (χ1) is 13.8. The molecule has 139 valence electrons. The average molecular weight is 382 g/mol. The molecular weight excluding hydrogens is 357 g/mol. The molecule has 0 saturated heterocycles. The first-order valence-electron chi connectivity index (χ1n) is 9.63. The van der Waals surface area contributed by atoms with Crippen molar-refractivity contribution in [1.29, 1.82) is 0 Å². The maximum Gasteiger partial charge on any atom is 0.0417 e. The molecular formula is C26H25NP. The van der Waals surface area contributed by atoms with Crippen molar-refractivity contribution in [3.05, 3.63) is 127 Å². The Morgan fingerprint density at radius 1 is 0.643 bits per heavy atom. The molecule has 0 amide bonds. The average Bonchev–Trinajstić information content (AvgIpc) is 3.19. The molecule has 0 bridgehead atoms. The quantitative estimate of drug-likeness (QED) is 0.533. The van der Waals surface area contributed by atoms with E-state index in [1.807, 2.05) is 0 Å². The molecule has 0 N–H and O–H groups in total. The zero-order chi connectivity index (χ0) is 19.3. The van der Waals surface area contributed by atoms with Gasteiger partial charge in [-0.15, -0.1) is 0 Å². The van der Waals surface area contributed by atoms with Gasteiger partial charge in [-0.1, -0.05) is 91.0 Å². The monoisotopic (exact) mass is 382 g/mol. The molecule has 1 nitrogen and oxygen atoms in total. The van der Waals surface area contributed by atoms with E-state index in [9.17, 15) is 0 Å². The van der Waals surface area contributed by atoms with Crippen molar-refractivity contribution in [2.75, 3.05) is 14.1 Å². The smallest absolute Gasteiger partial charge is 0.0417 e. The van der Waals surface area contributed by atoms with Crippen molar-refractivity contribution in [2.45, 2.75) is 6.04 Å². The Balaban J connectivity index is 1.75. The van der Waals surface area contributed by atoms with Crippen LogP contribution in [0.15, 0.2) is 91.0 Å². The standard InChI is InChI=1S/C26H25NP/c1-27(2)26(21-13-6-3-7-14-21)24-19-12-20-25(24)28(22-15-8-4-9-16-22)23-17-10-5-11-18-23/h3-20,26H,1-2H3/t26-/m1/s1. The lowest BCUT2D eigenvalue weighted by Crippen LogP contribution is -2.29. The van der Waals surface area contributed by atoms with Gasteiger partial charge >= 0.3 is 0 Å². The van der Waals surface area contributed by atoms with Gasteiger partial charge in [-0.3, -0.25) is 0 Å². The minimum Gasteiger partial charge on any atom is -0.302 e. The van der Waals surface area contributed by atoms with E-state index in [-0.39, 0.29) is 6.04 Å². The van der Waals surface area contributed by atoms with Crippen LogP contribution in [0.3, 0.4) is 0 Å². The summed E-state index contributed by atoms with van der Waals surface area (Å²) in [6.45, 7) is 0. The van der Waals surface area contributed by atoms with Gasteiger partial charge in [0, 0.05) is 17.6 Å². The van der Waals surface area contributed by atoms with Gasteiger partial charge in [-0.25, -0.2) is 0 Å². The molecule has 3 aromatic carbocycles. The van der Waals surface area contributed by atoms with Crippen molar-refractivity contribution in [3.8, 4) is 0 Å². The third-order valence-corrected chi connectivity index (χ3v) is 7.54. The molecule has 2 heteroatoms. The molecule has 28 heavy (non-hydrogen) atoms. The van der Waals surface area contributed by atoms with Gasteiger partial charge in [0.15, 0.2) is 0 Å². The summed E-state index contributed by atoms with van der Waals surface area (Å²) in [6.07, 6.45) is 6.83. The van der Waals surface area contributed by atoms with Gasteiger partial charge in [0.25, 0.3) is 0 Å². The van der Waals surface area contributed by atoms with Gasteiger partial charge in [-0.05, 0) is 57.5 Å². The van der Waals surface area contributed by atoms with Crippen LogP contribution in [-0.4, -0.2) is 19.0 Å². The highest BCUT2D eigenvalue weighted by Gasteiger charge is 2.42. The summed E-state index contributed by atoms with van der Waals surface area (Å²) in [5, 5.41) is 2.78. The number of hydrogen-bond acceptors (Lipinski definition) is 1. The Morgan fingerprint density at radius 3 is 1.64 bits per heavy atom. The zero-order valence-corrected chi connectivity index (χ0v) is 17.3. The minimum absolute atomic E-state index is 0.239. The van der Waals surface area contributed by atoms with Crippen LogP contribution >= 0.6 is 7.92 Å². The molecule has 1 atom stereocenters. The lowest BCUT2D eigenvalue weighted by Gasteiger charge is -2.37. The lowest BCUT2D eigenvalue weighted by molar-refractivity contribution is 0.319. The van der Waals surface area contributed by atoms with E-state index in [1.54, 1.807) is 0 Å². The molecule has 0 aliphatic heterocycles. The Morgan fingerprint density at radius 2 is 1.14 bits per heavy atom. The van der Waals surface area contributed by atoms with Crippen LogP contribution < -0.4 is 10.6 Å². The molecule has 0 spiro atoms. The Bertz CT molecular complexity index is 808. The van der Waals surface area contributed by atoms with Crippen LogP contribution in [0.25, 0.3) is 0 Å². The summed E-state index contributed by atoms with van der Waals surface area (Å²) in [4.78, 5) is 2.32. The minimum atomic E-state index is -0.604. The van der Waals surface area contributed by atoms with Crippen molar-refractivity contribution in [2.24, 2.45) is 0 Å². The van der Waals surface area contributed by atoms with Gasteiger partial charge in [0.05, 0.1) is 0 Å². The first-order valence-corrected chi connectivity index (χ1v) is 11.0. The molecule has 4 rings (SSSR count). The maximum absolute atomic E-state index is 2.32. The van der Waals surface area contributed by atoms with Crippen molar-refractivity contribution in [3.63, 3.8) is 0 Å². The van der Waals surface area contributed by atoms with Crippen LogP contribution in [0.4, 0.5) is 0 Å². The largest absolute Gasteiger partial charge is 0.302 e.